The number of carbonyl (C=O) groups is 4. The molecule has 0 bridgehead atoms. The molecule has 3 amide bonds. The summed E-state index contributed by atoms with van der Waals surface area (Å²) >= 11 is 5.99. The van der Waals surface area contributed by atoms with Crippen LogP contribution in [0.2, 0.25) is 5.02 Å². The highest BCUT2D eigenvalue weighted by atomic mass is 35.5. The van der Waals surface area contributed by atoms with E-state index in [0.717, 1.165) is 0 Å². The van der Waals surface area contributed by atoms with Gasteiger partial charge in [0.25, 0.3) is 0 Å². The van der Waals surface area contributed by atoms with E-state index in [0.29, 0.717) is 30.1 Å². The average Bonchev–Trinajstić information content (AvgIpc) is 3.06. The number of hydrogen-bond acceptors (Lipinski definition) is 5. The van der Waals surface area contributed by atoms with Crippen LogP contribution in [-0.2, 0) is 23.9 Å². The molecule has 1 heterocycles. The molecule has 1 aromatic carbocycles. The Hall–Kier alpha value is -2.87. The minimum atomic E-state index is -0.589. The highest BCUT2D eigenvalue weighted by molar-refractivity contribution is 6.33. The highest BCUT2D eigenvalue weighted by Crippen LogP contribution is 2.20. The standard InChI is InChI=1S/C20H24ClN3O5/c1-2-29-19(27)8-7-14(11-13-9-10-22-20(13)28)23-17(25)12-18(26)24-16-6-4-3-5-15(16)21/h3-8,13-14H,2,9-12H2,1H3,(H,22,28)(H,23,25)(H,24,26)/b8-7+/t13-,14+/m1/s1. The monoisotopic (exact) mass is 421 g/mol. The Kier molecular flexibility index (Phi) is 8.67. The fourth-order valence-corrected chi connectivity index (χ4v) is 3.09. The van der Waals surface area contributed by atoms with E-state index in [2.05, 4.69) is 16.0 Å². The van der Waals surface area contributed by atoms with Gasteiger partial charge in [-0.1, -0.05) is 29.8 Å². The SMILES string of the molecule is CCOC(=O)/C=C/[C@@H](C[C@H]1CCNC1=O)NC(=O)CC(=O)Nc1ccccc1Cl. The summed E-state index contributed by atoms with van der Waals surface area (Å²) in [5, 5.41) is 8.36. The van der Waals surface area contributed by atoms with Gasteiger partial charge in [-0.2, -0.15) is 0 Å². The summed E-state index contributed by atoms with van der Waals surface area (Å²) in [6, 6.07) is 6.10. The molecular weight excluding hydrogens is 398 g/mol. The maximum absolute atomic E-state index is 12.3. The molecule has 1 aromatic rings. The van der Waals surface area contributed by atoms with Gasteiger partial charge in [0, 0.05) is 24.6 Å². The quantitative estimate of drug-likeness (QED) is 0.319. The lowest BCUT2D eigenvalue weighted by atomic mass is 9.98. The molecule has 9 heteroatoms. The minimum Gasteiger partial charge on any atom is -0.463 e. The Balaban J connectivity index is 1.95. The van der Waals surface area contributed by atoms with Crippen molar-refractivity contribution in [3.8, 4) is 0 Å². The topological polar surface area (TPSA) is 114 Å². The number of esters is 1. The second-order valence-corrected chi connectivity index (χ2v) is 6.91. The van der Waals surface area contributed by atoms with Crippen molar-refractivity contribution in [3.05, 3.63) is 41.4 Å². The Morgan fingerprint density at radius 3 is 2.72 bits per heavy atom. The molecule has 1 fully saturated rings. The minimum absolute atomic E-state index is 0.0924. The second kappa shape index (κ2) is 11.2. The van der Waals surface area contributed by atoms with Gasteiger partial charge in [0.05, 0.1) is 17.3 Å². The lowest BCUT2D eigenvalue weighted by Crippen LogP contribution is -2.38. The number of para-hydroxylation sites is 1. The summed E-state index contributed by atoms with van der Waals surface area (Å²) in [7, 11) is 0. The van der Waals surface area contributed by atoms with Crippen molar-refractivity contribution in [2.75, 3.05) is 18.5 Å². The molecule has 0 aliphatic carbocycles. The molecule has 2 atom stereocenters. The van der Waals surface area contributed by atoms with Crippen molar-refractivity contribution in [3.63, 3.8) is 0 Å². The summed E-state index contributed by atoms with van der Waals surface area (Å²) in [5.41, 5.74) is 0.411. The molecule has 8 nitrogen and oxygen atoms in total. The number of halogens is 1. The largest absolute Gasteiger partial charge is 0.463 e. The van der Waals surface area contributed by atoms with Crippen LogP contribution in [-0.4, -0.2) is 42.9 Å². The van der Waals surface area contributed by atoms with E-state index in [4.69, 9.17) is 16.3 Å². The summed E-state index contributed by atoms with van der Waals surface area (Å²) < 4.78 is 4.84. The molecule has 0 radical (unpaired) electrons. The van der Waals surface area contributed by atoms with Gasteiger partial charge >= 0.3 is 5.97 Å². The van der Waals surface area contributed by atoms with Crippen LogP contribution in [0.5, 0.6) is 0 Å². The van der Waals surface area contributed by atoms with E-state index in [-0.39, 0.29) is 18.4 Å². The van der Waals surface area contributed by atoms with Crippen molar-refractivity contribution < 1.29 is 23.9 Å². The molecule has 1 saturated heterocycles. The molecule has 1 aliphatic rings. The molecule has 0 aromatic heterocycles. The number of nitrogens with one attached hydrogen (secondary N) is 3. The van der Waals surface area contributed by atoms with E-state index < -0.39 is 30.2 Å². The number of hydrogen-bond donors (Lipinski definition) is 3. The van der Waals surface area contributed by atoms with E-state index >= 15 is 0 Å². The molecule has 29 heavy (non-hydrogen) atoms. The van der Waals surface area contributed by atoms with Crippen molar-refractivity contribution in [2.24, 2.45) is 5.92 Å². The van der Waals surface area contributed by atoms with Gasteiger partial charge in [-0.15, -0.1) is 0 Å². The summed E-state index contributed by atoms with van der Waals surface area (Å²) in [6.45, 7) is 2.49. The van der Waals surface area contributed by atoms with E-state index in [1.165, 1.54) is 12.2 Å². The zero-order valence-corrected chi connectivity index (χ0v) is 16.8. The number of carbonyl (C=O) groups excluding carboxylic acids is 4. The zero-order chi connectivity index (χ0) is 21.2. The van der Waals surface area contributed by atoms with Crippen LogP contribution in [0.4, 0.5) is 5.69 Å². The summed E-state index contributed by atoms with van der Waals surface area (Å²) in [6.07, 6.45) is 3.23. The number of ether oxygens (including phenoxy) is 1. The lowest BCUT2D eigenvalue weighted by molar-refractivity contribution is -0.137. The average molecular weight is 422 g/mol. The number of anilines is 1. The van der Waals surface area contributed by atoms with Crippen LogP contribution in [0.25, 0.3) is 0 Å². The molecule has 3 N–H and O–H groups in total. The van der Waals surface area contributed by atoms with Crippen LogP contribution in [0.15, 0.2) is 36.4 Å². The fourth-order valence-electron chi connectivity index (χ4n) is 2.91. The highest BCUT2D eigenvalue weighted by Gasteiger charge is 2.27. The molecule has 2 rings (SSSR count). The summed E-state index contributed by atoms with van der Waals surface area (Å²) in [5.74, 6) is -1.97. The zero-order valence-electron chi connectivity index (χ0n) is 16.1. The van der Waals surface area contributed by atoms with Crippen molar-refractivity contribution in [2.45, 2.75) is 32.2 Å². The van der Waals surface area contributed by atoms with Crippen molar-refractivity contribution in [1.29, 1.82) is 0 Å². The van der Waals surface area contributed by atoms with Crippen LogP contribution in [0, 0.1) is 5.92 Å². The van der Waals surface area contributed by atoms with E-state index in [1.54, 1.807) is 31.2 Å². The number of benzene rings is 1. The van der Waals surface area contributed by atoms with Gasteiger partial charge in [-0.3, -0.25) is 14.4 Å². The predicted molar refractivity (Wildman–Crippen MR) is 108 cm³/mol. The first-order valence-electron chi connectivity index (χ1n) is 9.35. The van der Waals surface area contributed by atoms with Gasteiger partial charge in [-0.05, 0) is 31.9 Å². The number of rotatable bonds is 9. The van der Waals surface area contributed by atoms with Crippen LogP contribution in [0.3, 0.4) is 0 Å². The Bertz CT molecular complexity index is 796. The molecule has 0 saturated carbocycles. The second-order valence-electron chi connectivity index (χ2n) is 6.50. The lowest BCUT2D eigenvalue weighted by Gasteiger charge is -2.18. The maximum Gasteiger partial charge on any atom is 0.330 e. The van der Waals surface area contributed by atoms with E-state index in [9.17, 15) is 19.2 Å². The van der Waals surface area contributed by atoms with Gasteiger partial charge < -0.3 is 20.7 Å². The third-order valence-corrected chi connectivity index (χ3v) is 4.60. The Morgan fingerprint density at radius 1 is 1.31 bits per heavy atom. The Labute approximate surface area is 174 Å². The molecule has 1 aliphatic heterocycles. The molecule has 156 valence electrons. The van der Waals surface area contributed by atoms with Crippen LogP contribution >= 0.6 is 11.6 Å². The number of amides is 3. The molecule has 0 spiro atoms. The normalized spacial score (nSPS) is 16.9. The van der Waals surface area contributed by atoms with Gasteiger partial charge in [-0.25, -0.2) is 4.79 Å². The van der Waals surface area contributed by atoms with Gasteiger partial charge in [0.1, 0.15) is 6.42 Å². The van der Waals surface area contributed by atoms with E-state index in [1.807, 2.05) is 0 Å². The molecular formula is C20H24ClN3O5. The third-order valence-electron chi connectivity index (χ3n) is 4.27. The maximum atomic E-state index is 12.3. The first kappa shape index (κ1) is 22.4. The first-order valence-corrected chi connectivity index (χ1v) is 9.73. The van der Waals surface area contributed by atoms with Crippen molar-refractivity contribution in [1.82, 2.24) is 10.6 Å². The first-order chi connectivity index (χ1) is 13.9. The predicted octanol–water partition coefficient (Wildman–Crippen LogP) is 1.80. The van der Waals surface area contributed by atoms with Crippen LogP contribution < -0.4 is 16.0 Å². The van der Waals surface area contributed by atoms with Gasteiger partial charge in [0.15, 0.2) is 0 Å². The third kappa shape index (κ3) is 7.57. The Morgan fingerprint density at radius 2 is 2.07 bits per heavy atom. The smallest absolute Gasteiger partial charge is 0.330 e. The van der Waals surface area contributed by atoms with Gasteiger partial charge in [0.2, 0.25) is 17.7 Å². The summed E-state index contributed by atoms with van der Waals surface area (Å²) in [4.78, 5) is 47.8. The fraction of sp³-hybridized carbons (Fsp3) is 0.400. The van der Waals surface area contributed by atoms with Crippen molar-refractivity contribution >= 4 is 41.0 Å². The molecule has 0 unspecified atom stereocenters. The van der Waals surface area contributed by atoms with Crippen LogP contribution in [0.1, 0.15) is 26.2 Å².